The maximum atomic E-state index is 14.7. The number of ether oxygens (including phenoxy) is 6. The first-order valence-corrected chi connectivity index (χ1v) is 23.1. The number of esters is 2. The fourth-order valence-electron chi connectivity index (χ4n) is 10.1. The summed E-state index contributed by atoms with van der Waals surface area (Å²) in [6, 6.07) is 3.79. The third-order valence-corrected chi connectivity index (χ3v) is 15.0. The lowest BCUT2D eigenvalue weighted by Gasteiger charge is -2.46. The number of thioether (sulfide) groups is 1. The van der Waals surface area contributed by atoms with Gasteiger partial charge in [0.25, 0.3) is 0 Å². The van der Waals surface area contributed by atoms with Gasteiger partial charge in [0.05, 0.1) is 35.7 Å². The minimum absolute atomic E-state index is 0.0356. The molecule has 18 heteroatoms. The van der Waals surface area contributed by atoms with E-state index in [2.05, 4.69) is 20.3 Å². The Morgan fingerprint density at radius 1 is 1.02 bits per heavy atom. The number of carbonyl (C=O) groups excluding carboxylic acids is 3. The molecule has 0 aromatic carbocycles. The Morgan fingerprint density at radius 3 is 2.43 bits per heavy atom. The van der Waals surface area contributed by atoms with Crippen molar-refractivity contribution >= 4 is 52.4 Å². The van der Waals surface area contributed by atoms with Gasteiger partial charge in [-0.1, -0.05) is 33.8 Å². The molecule has 63 heavy (non-hydrogen) atoms. The summed E-state index contributed by atoms with van der Waals surface area (Å²) in [5.74, 6) is -2.88. The van der Waals surface area contributed by atoms with Crippen LogP contribution in [0.1, 0.15) is 93.6 Å². The van der Waals surface area contributed by atoms with E-state index in [9.17, 15) is 19.5 Å². The fourth-order valence-corrected chi connectivity index (χ4v) is 11.5. The van der Waals surface area contributed by atoms with Gasteiger partial charge < -0.3 is 49.1 Å². The SMILES string of the molecule is CC[C@H]1OC(=O)C(C)[C@@H](O[C@H]2C[C@@](C)(OC)[C@@H](O)[C@H](C)O2)[C@H](C)C[C@](C)(OC)C[C@@H](C)C(=O)[C@H](C)[C@H]2[C@H](SCCn3cnc4c(N)nc(NCc5cccnc5)nc43)C(=O)O[C@@]21C. The van der Waals surface area contributed by atoms with Crippen molar-refractivity contribution < 1.29 is 47.9 Å². The lowest BCUT2D eigenvalue weighted by Crippen LogP contribution is -2.57. The number of anilines is 2. The first-order valence-electron chi connectivity index (χ1n) is 22.1. The minimum Gasteiger partial charge on any atom is -0.458 e. The van der Waals surface area contributed by atoms with Gasteiger partial charge in [0.1, 0.15) is 28.8 Å². The third kappa shape index (κ3) is 10.2. The number of rotatable bonds is 12. The lowest BCUT2D eigenvalue weighted by molar-refractivity contribution is -0.296. The van der Waals surface area contributed by atoms with Crippen molar-refractivity contribution in [3.63, 3.8) is 0 Å². The number of imidazole rings is 1. The second-order valence-electron chi connectivity index (χ2n) is 18.5. The average Bonchev–Trinajstić information content (AvgIpc) is 3.78. The largest absolute Gasteiger partial charge is 0.458 e. The summed E-state index contributed by atoms with van der Waals surface area (Å²) in [4.78, 5) is 61.0. The predicted molar refractivity (Wildman–Crippen MR) is 237 cm³/mol. The maximum Gasteiger partial charge on any atom is 0.320 e. The first kappa shape index (κ1) is 48.5. The average molecular weight is 898 g/mol. The molecule has 14 atom stereocenters. The van der Waals surface area contributed by atoms with Crippen molar-refractivity contribution in [1.82, 2.24) is 24.5 Å². The summed E-state index contributed by atoms with van der Waals surface area (Å²) in [5.41, 5.74) is 5.17. The number of fused-ring (bicyclic) bond motifs is 2. The van der Waals surface area contributed by atoms with Gasteiger partial charge in [0.15, 0.2) is 23.4 Å². The number of methoxy groups -OCH3 is 2. The van der Waals surface area contributed by atoms with E-state index in [-0.39, 0.29) is 23.9 Å². The molecular weight excluding hydrogens is 831 g/mol. The van der Waals surface area contributed by atoms with Crippen LogP contribution in [0.3, 0.4) is 0 Å². The second-order valence-corrected chi connectivity index (χ2v) is 19.7. The van der Waals surface area contributed by atoms with E-state index in [1.807, 2.05) is 58.2 Å². The van der Waals surface area contributed by atoms with Crippen molar-refractivity contribution in [3.8, 4) is 0 Å². The number of Topliss-reactive ketones (excluding diaryl/α,β-unsaturated/α-hetero) is 1. The highest BCUT2D eigenvalue weighted by Crippen LogP contribution is 2.49. The zero-order valence-electron chi connectivity index (χ0n) is 38.5. The summed E-state index contributed by atoms with van der Waals surface area (Å²) in [6.07, 6.45) is 2.59. The van der Waals surface area contributed by atoms with Gasteiger partial charge in [0, 0.05) is 69.6 Å². The Kier molecular flexibility index (Phi) is 15.1. The zero-order valence-corrected chi connectivity index (χ0v) is 39.3. The Balaban J connectivity index is 1.27. The highest BCUT2D eigenvalue weighted by molar-refractivity contribution is 8.00. The third-order valence-electron chi connectivity index (χ3n) is 13.8. The number of aliphatic hydroxyl groups is 1. The summed E-state index contributed by atoms with van der Waals surface area (Å²) < 4.78 is 39.4. The standard InChI is InChI=1S/C45H67N7O10S/c1-12-30-45(9)32(36(41(56)62-45)63-17-16-52-23-49-33-38(46)50-42(51-39(33)52)48-22-29-14-13-15-47-21-29)26(4)34(53)24(2)18-43(7,57-10)19-25(3)35(27(5)40(55)60-30)61-31-20-44(8,58-11)37(54)28(6)59-31/h13-15,21,23-28,30-32,35-37,54H,12,16-20,22H2,1-11H3,(H3,46,48,50,51)/t24-,25-,26-,27?,28+,30-,31+,32+,35+,36+,37+,43-,44-,45-/m1/s1. The van der Waals surface area contributed by atoms with Crippen LogP contribution < -0.4 is 11.1 Å². The lowest BCUT2D eigenvalue weighted by atomic mass is 9.70. The van der Waals surface area contributed by atoms with Crippen LogP contribution in [0.4, 0.5) is 11.8 Å². The van der Waals surface area contributed by atoms with Crippen LogP contribution in [0.25, 0.3) is 11.2 Å². The second kappa shape index (κ2) is 19.7. The van der Waals surface area contributed by atoms with Gasteiger partial charge in [-0.05, 0) is 71.4 Å². The molecule has 0 spiro atoms. The molecule has 6 heterocycles. The van der Waals surface area contributed by atoms with Gasteiger partial charge in [-0.3, -0.25) is 19.4 Å². The summed E-state index contributed by atoms with van der Waals surface area (Å²) in [5, 5.41) is 13.3. The van der Waals surface area contributed by atoms with Crippen LogP contribution in [0.2, 0.25) is 0 Å². The number of hydrogen-bond acceptors (Lipinski definition) is 17. The smallest absolute Gasteiger partial charge is 0.320 e. The molecule has 3 aliphatic heterocycles. The van der Waals surface area contributed by atoms with Gasteiger partial charge in [-0.15, -0.1) is 11.8 Å². The van der Waals surface area contributed by atoms with Crippen molar-refractivity contribution in [1.29, 1.82) is 0 Å². The van der Waals surface area contributed by atoms with Crippen LogP contribution in [0.15, 0.2) is 30.9 Å². The normalized spacial score (nSPS) is 37.0. The number of hydrogen-bond donors (Lipinski definition) is 3. The maximum absolute atomic E-state index is 14.7. The van der Waals surface area contributed by atoms with Gasteiger partial charge in [-0.2, -0.15) is 9.97 Å². The molecular formula is C45H67N7O10S. The molecule has 3 saturated heterocycles. The first-order chi connectivity index (χ1) is 29.8. The number of pyridine rings is 1. The number of aromatic nitrogens is 5. The molecule has 0 radical (unpaired) electrons. The summed E-state index contributed by atoms with van der Waals surface area (Å²) in [6.45, 7) is 17.6. The van der Waals surface area contributed by atoms with E-state index in [0.29, 0.717) is 55.2 Å². The van der Waals surface area contributed by atoms with Crippen LogP contribution >= 0.6 is 11.8 Å². The van der Waals surface area contributed by atoms with Crippen LogP contribution in [-0.4, -0.2) is 120 Å². The van der Waals surface area contributed by atoms with E-state index in [4.69, 9.17) is 39.1 Å². The Bertz CT molecular complexity index is 2080. The molecule has 0 aliphatic carbocycles. The van der Waals surface area contributed by atoms with Crippen LogP contribution in [0.5, 0.6) is 0 Å². The highest BCUT2D eigenvalue weighted by atomic mass is 32.2. The molecule has 0 amide bonds. The van der Waals surface area contributed by atoms with Crippen molar-refractivity contribution in [2.24, 2.45) is 29.6 Å². The van der Waals surface area contributed by atoms with Crippen molar-refractivity contribution in [3.05, 3.63) is 36.4 Å². The minimum atomic E-state index is -1.35. The molecule has 3 aromatic heterocycles. The molecule has 1 unspecified atom stereocenters. The van der Waals surface area contributed by atoms with E-state index < -0.39 is 88.4 Å². The molecule has 17 nitrogen and oxygen atoms in total. The monoisotopic (exact) mass is 897 g/mol. The highest BCUT2D eigenvalue weighted by Gasteiger charge is 2.61. The quantitative estimate of drug-likeness (QED) is 0.195. The van der Waals surface area contributed by atoms with Crippen molar-refractivity contribution in [2.75, 3.05) is 31.0 Å². The summed E-state index contributed by atoms with van der Waals surface area (Å²) in [7, 11) is 3.17. The summed E-state index contributed by atoms with van der Waals surface area (Å²) >= 11 is 1.39. The molecule has 348 valence electrons. The molecule has 4 N–H and O–H groups in total. The van der Waals surface area contributed by atoms with E-state index in [0.717, 1.165) is 5.56 Å². The van der Waals surface area contributed by atoms with Gasteiger partial charge >= 0.3 is 11.9 Å². The zero-order chi connectivity index (χ0) is 46.0. The molecule has 3 fully saturated rings. The van der Waals surface area contributed by atoms with Crippen molar-refractivity contribution in [2.45, 2.75) is 154 Å². The fraction of sp³-hybridized carbons (Fsp3) is 0.711. The Hall–Kier alpha value is -3.94. The number of carbonyl (C=O) groups is 3. The number of nitrogens with two attached hydrogens (primary N) is 1. The predicted octanol–water partition coefficient (Wildman–Crippen LogP) is 5.37. The molecule has 0 bridgehead atoms. The number of aliphatic hydroxyl groups excluding tert-OH is 1. The topological polar surface area (TPSA) is 221 Å². The van der Waals surface area contributed by atoms with E-state index >= 15 is 0 Å². The van der Waals surface area contributed by atoms with Crippen LogP contribution in [0, 0.1) is 29.6 Å². The Morgan fingerprint density at radius 2 is 1.76 bits per heavy atom. The van der Waals surface area contributed by atoms with E-state index in [1.54, 1.807) is 53.7 Å². The number of nitrogen functional groups attached to an aromatic ring is 1. The van der Waals surface area contributed by atoms with Gasteiger partial charge in [0.2, 0.25) is 5.95 Å². The number of nitrogens with zero attached hydrogens (tertiary/aromatic N) is 5. The number of nitrogens with one attached hydrogen (secondary N) is 1. The molecule has 0 saturated carbocycles. The van der Waals surface area contributed by atoms with Gasteiger partial charge in [-0.25, -0.2) is 4.98 Å². The number of ketones is 1. The number of aryl methyl sites for hydroxylation is 1. The van der Waals surface area contributed by atoms with Crippen LogP contribution in [-0.2, 0) is 55.9 Å². The Labute approximate surface area is 374 Å². The number of cyclic esters (lactones) is 1. The molecule has 6 rings (SSSR count). The van der Waals surface area contributed by atoms with E-state index in [1.165, 1.54) is 11.8 Å². The molecule has 3 aliphatic rings. The molecule has 3 aromatic rings.